The molecule has 0 heterocycles. The van der Waals surface area contributed by atoms with E-state index in [9.17, 15) is 54.8 Å². The van der Waals surface area contributed by atoms with Crippen molar-refractivity contribution < 1.29 is 73.3 Å². The summed E-state index contributed by atoms with van der Waals surface area (Å²) in [6.45, 7) is 2.77. The van der Waals surface area contributed by atoms with Crippen LogP contribution >= 0.6 is 7.82 Å². The van der Waals surface area contributed by atoms with Gasteiger partial charge in [0.2, 0.25) is 0 Å². The van der Waals surface area contributed by atoms with Gasteiger partial charge in [0.05, 0.1) is 18.8 Å². The summed E-state index contributed by atoms with van der Waals surface area (Å²) in [4.78, 5) is 35.7. The fourth-order valence-corrected chi connectivity index (χ4v) is 7.68. The number of carbonyl (C=O) groups is 2. The van der Waals surface area contributed by atoms with Gasteiger partial charge in [0.1, 0.15) is 43.2 Å². The van der Waals surface area contributed by atoms with E-state index in [-0.39, 0.29) is 12.8 Å². The van der Waals surface area contributed by atoms with Gasteiger partial charge in [-0.05, 0) is 77.0 Å². The number of phosphoric acid groups is 1. The SMILES string of the molecule is CCCCCCCC/C=C\CCCCCCCC(=O)OCC(COP(=O)(O)OC1C(O)C(O)C(O)C(O)C1O)OC(=O)CC/C=C/C/C=C/C/C=C/C/C=C/C/C=C/CC(O)C(O)CC. The zero-order valence-corrected chi connectivity index (χ0v) is 39.9. The molecule has 8 atom stereocenters. The van der Waals surface area contributed by atoms with Gasteiger partial charge in [0, 0.05) is 12.8 Å². The molecule has 16 heteroatoms. The Balaban J connectivity index is 2.52. The van der Waals surface area contributed by atoms with Gasteiger partial charge in [0.25, 0.3) is 0 Å². The van der Waals surface area contributed by atoms with Gasteiger partial charge in [0.15, 0.2) is 6.10 Å². The maximum atomic E-state index is 12.8. The molecule has 0 spiro atoms. The molecule has 1 fully saturated rings. The van der Waals surface area contributed by atoms with Gasteiger partial charge < -0.3 is 50.1 Å². The van der Waals surface area contributed by atoms with Crippen molar-refractivity contribution in [1.29, 1.82) is 0 Å². The maximum Gasteiger partial charge on any atom is 0.472 e. The third-order valence-electron chi connectivity index (χ3n) is 10.8. The first-order valence-corrected chi connectivity index (χ1v) is 25.4. The predicted molar refractivity (Wildman–Crippen MR) is 251 cm³/mol. The molecule has 374 valence electrons. The zero-order chi connectivity index (χ0) is 48.1. The van der Waals surface area contributed by atoms with Crippen LogP contribution in [0.1, 0.15) is 155 Å². The van der Waals surface area contributed by atoms with E-state index in [0.717, 1.165) is 57.8 Å². The molecule has 0 saturated heterocycles. The Bertz CT molecular complexity index is 1450. The molecule has 0 aliphatic heterocycles. The van der Waals surface area contributed by atoms with Crippen molar-refractivity contribution in [2.24, 2.45) is 0 Å². The van der Waals surface area contributed by atoms with Gasteiger partial charge in [-0.3, -0.25) is 18.6 Å². The summed E-state index contributed by atoms with van der Waals surface area (Å²) in [7, 11) is -5.16. The number of carbonyl (C=O) groups excluding carboxylic acids is 2. The molecule has 0 radical (unpaired) electrons. The van der Waals surface area contributed by atoms with Crippen molar-refractivity contribution in [3.63, 3.8) is 0 Å². The normalized spacial score (nSPS) is 23.0. The lowest BCUT2D eigenvalue weighted by molar-refractivity contribution is -0.220. The van der Waals surface area contributed by atoms with Crippen LogP contribution in [-0.4, -0.2) is 121 Å². The Hall–Kier alpha value is -2.79. The van der Waals surface area contributed by atoms with Crippen molar-refractivity contribution in [2.75, 3.05) is 13.2 Å². The minimum Gasteiger partial charge on any atom is -0.462 e. The Kier molecular flexibility index (Phi) is 35.4. The first-order chi connectivity index (χ1) is 31.2. The van der Waals surface area contributed by atoms with Crippen molar-refractivity contribution in [3.8, 4) is 0 Å². The fourth-order valence-electron chi connectivity index (χ4n) is 6.71. The van der Waals surface area contributed by atoms with E-state index < -0.39 is 87.9 Å². The Labute approximate surface area is 388 Å². The molecule has 1 aliphatic carbocycles. The molecule has 8 unspecified atom stereocenters. The van der Waals surface area contributed by atoms with E-state index in [1.807, 2.05) is 49.5 Å². The topological polar surface area (TPSA) is 250 Å². The number of phosphoric ester groups is 1. The Morgan fingerprint density at radius 3 is 1.54 bits per heavy atom. The molecule has 15 nitrogen and oxygen atoms in total. The predicted octanol–water partition coefficient (Wildman–Crippen LogP) is 7.44. The lowest BCUT2D eigenvalue weighted by atomic mass is 9.85. The summed E-state index contributed by atoms with van der Waals surface area (Å²) in [6, 6.07) is 0. The standard InChI is InChI=1S/C49H83O15P/c1-3-5-6-7-8-9-10-11-13-17-20-23-26-29-32-35-42(52)61-37-39(38-62-65(59,60)64-49-47(57)45(55)44(54)46(56)48(49)58)63-43(53)36-33-30-27-24-21-18-15-12-14-16-19-22-25-28-31-34-41(51)40(50)4-2/h11-14,18-19,21-22,27-28,30-31,39-41,44-51,54-58H,3-10,15-17,20,23-26,29,32-38H2,1-2H3,(H,59,60)/b13-11-,14-12+,21-18+,22-19+,30-27+,31-28+. The van der Waals surface area contributed by atoms with Crippen LogP contribution in [-0.2, 0) is 32.7 Å². The van der Waals surface area contributed by atoms with Crippen LogP contribution in [0.25, 0.3) is 0 Å². The lowest BCUT2D eigenvalue weighted by Gasteiger charge is -2.41. The number of ether oxygens (including phenoxy) is 2. The highest BCUT2D eigenvalue weighted by Gasteiger charge is 2.51. The number of allylic oxidation sites excluding steroid dienone is 11. The Morgan fingerprint density at radius 2 is 1.00 bits per heavy atom. The van der Waals surface area contributed by atoms with Gasteiger partial charge in [-0.15, -0.1) is 0 Å². The van der Waals surface area contributed by atoms with E-state index >= 15 is 0 Å². The quantitative estimate of drug-likeness (QED) is 0.0130. The van der Waals surface area contributed by atoms with Crippen molar-refractivity contribution in [1.82, 2.24) is 0 Å². The second-order valence-corrected chi connectivity index (χ2v) is 17.9. The van der Waals surface area contributed by atoms with Gasteiger partial charge in [-0.1, -0.05) is 138 Å². The summed E-state index contributed by atoms with van der Waals surface area (Å²) < 4.78 is 33.4. The second kappa shape index (κ2) is 38.2. The highest BCUT2D eigenvalue weighted by Crippen LogP contribution is 2.47. The van der Waals surface area contributed by atoms with Gasteiger partial charge in [-0.25, -0.2) is 4.57 Å². The largest absolute Gasteiger partial charge is 0.472 e. The van der Waals surface area contributed by atoms with Crippen LogP contribution in [0.3, 0.4) is 0 Å². The van der Waals surface area contributed by atoms with Crippen LogP contribution in [0.2, 0.25) is 0 Å². The van der Waals surface area contributed by atoms with E-state index in [4.69, 9.17) is 18.5 Å². The Morgan fingerprint density at radius 1 is 0.538 bits per heavy atom. The minimum absolute atomic E-state index is 0.0542. The molecule has 1 saturated carbocycles. The zero-order valence-electron chi connectivity index (χ0n) is 39.0. The third-order valence-corrected chi connectivity index (χ3v) is 11.8. The van der Waals surface area contributed by atoms with Crippen LogP contribution < -0.4 is 0 Å². The molecular weight excluding hydrogens is 859 g/mol. The van der Waals surface area contributed by atoms with Crippen molar-refractivity contribution in [2.45, 2.75) is 210 Å². The van der Waals surface area contributed by atoms with Crippen molar-refractivity contribution >= 4 is 19.8 Å². The molecule has 0 aromatic heterocycles. The van der Waals surface area contributed by atoms with Crippen LogP contribution in [0, 0.1) is 0 Å². The van der Waals surface area contributed by atoms with E-state index in [2.05, 4.69) is 37.3 Å². The van der Waals surface area contributed by atoms with Crippen molar-refractivity contribution in [3.05, 3.63) is 72.9 Å². The van der Waals surface area contributed by atoms with Gasteiger partial charge >= 0.3 is 19.8 Å². The van der Waals surface area contributed by atoms with Crippen LogP contribution in [0.5, 0.6) is 0 Å². The third kappa shape index (κ3) is 30.3. The summed E-state index contributed by atoms with van der Waals surface area (Å²) in [5.74, 6) is -1.24. The fraction of sp³-hybridized carbons (Fsp3) is 0.714. The number of hydrogen-bond acceptors (Lipinski definition) is 14. The summed E-state index contributed by atoms with van der Waals surface area (Å²) in [5.41, 5.74) is 0. The highest BCUT2D eigenvalue weighted by molar-refractivity contribution is 7.47. The first-order valence-electron chi connectivity index (χ1n) is 23.9. The smallest absolute Gasteiger partial charge is 0.462 e. The van der Waals surface area contributed by atoms with E-state index in [1.165, 1.54) is 38.5 Å². The highest BCUT2D eigenvalue weighted by atomic mass is 31.2. The van der Waals surface area contributed by atoms with E-state index in [0.29, 0.717) is 32.1 Å². The van der Waals surface area contributed by atoms with E-state index in [1.54, 1.807) is 0 Å². The molecule has 1 aliphatic rings. The maximum absolute atomic E-state index is 12.8. The number of aliphatic hydroxyl groups is 7. The molecule has 1 rings (SSSR count). The number of rotatable bonds is 38. The number of esters is 2. The number of hydrogen-bond donors (Lipinski definition) is 8. The average Bonchev–Trinajstić information content (AvgIpc) is 3.29. The lowest BCUT2D eigenvalue weighted by Crippen LogP contribution is -2.64. The monoisotopic (exact) mass is 943 g/mol. The summed E-state index contributed by atoms with van der Waals surface area (Å²) in [5, 5.41) is 69.5. The molecule has 0 bridgehead atoms. The van der Waals surface area contributed by atoms with Crippen LogP contribution in [0.15, 0.2) is 72.9 Å². The molecule has 0 aromatic carbocycles. The number of unbranched alkanes of at least 4 members (excludes halogenated alkanes) is 11. The number of aliphatic hydroxyl groups excluding tert-OH is 7. The minimum atomic E-state index is -5.16. The second-order valence-electron chi connectivity index (χ2n) is 16.5. The first kappa shape index (κ1) is 60.2. The summed E-state index contributed by atoms with van der Waals surface area (Å²) in [6.07, 6.45) is 28.2. The molecule has 0 amide bonds. The van der Waals surface area contributed by atoms with Crippen LogP contribution in [0.4, 0.5) is 0 Å². The molecular formula is C49H83O15P. The average molecular weight is 943 g/mol. The van der Waals surface area contributed by atoms with Gasteiger partial charge in [-0.2, -0.15) is 0 Å². The molecule has 8 N–H and O–H groups in total. The molecule has 0 aromatic rings. The summed E-state index contributed by atoms with van der Waals surface area (Å²) >= 11 is 0. The molecule has 65 heavy (non-hydrogen) atoms.